The summed E-state index contributed by atoms with van der Waals surface area (Å²) in [5, 5.41) is 24.1. The van der Waals surface area contributed by atoms with E-state index in [1.165, 1.54) is 30.3 Å². The van der Waals surface area contributed by atoms with Crippen LogP contribution in [0.1, 0.15) is 55.3 Å². The lowest BCUT2D eigenvalue weighted by atomic mass is 9.62. The number of aryl methyl sites for hydroxylation is 1. The second-order valence-electron chi connectivity index (χ2n) is 11.4. The maximum absolute atomic E-state index is 15.8. The Morgan fingerprint density at radius 3 is 2.56 bits per heavy atom. The molecule has 0 bridgehead atoms. The highest BCUT2D eigenvalue weighted by Crippen LogP contribution is 2.53. The summed E-state index contributed by atoms with van der Waals surface area (Å²) in [6, 6.07) is 11.4. The van der Waals surface area contributed by atoms with E-state index in [0.717, 1.165) is 6.07 Å². The van der Waals surface area contributed by atoms with Gasteiger partial charge < -0.3 is 20.0 Å². The molecule has 12 heteroatoms. The van der Waals surface area contributed by atoms with Crippen molar-refractivity contribution in [2.24, 2.45) is 5.73 Å². The van der Waals surface area contributed by atoms with E-state index in [1.807, 2.05) is 13.8 Å². The molecule has 1 aliphatic rings. The van der Waals surface area contributed by atoms with Crippen molar-refractivity contribution >= 4 is 35.1 Å². The zero-order valence-corrected chi connectivity index (χ0v) is 25.2. The first-order valence-corrected chi connectivity index (χ1v) is 14.2. The molecular weight excluding hydrogens is 603 g/mol. The van der Waals surface area contributed by atoms with Crippen LogP contribution in [-0.4, -0.2) is 41.8 Å². The van der Waals surface area contributed by atoms with E-state index in [-0.39, 0.29) is 27.6 Å². The van der Waals surface area contributed by atoms with Crippen molar-refractivity contribution in [3.8, 4) is 6.07 Å². The number of nitrogens with zero attached hydrogens (tertiary/aromatic N) is 1. The van der Waals surface area contributed by atoms with Crippen LogP contribution >= 0.6 is 23.2 Å². The van der Waals surface area contributed by atoms with E-state index in [1.54, 1.807) is 19.1 Å². The van der Waals surface area contributed by atoms with Gasteiger partial charge in [0.1, 0.15) is 41.2 Å². The molecule has 1 aromatic heterocycles. The summed E-state index contributed by atoms with van der Waals surface area (Å²) in [7, 11) is 0. The van der Waals surface area contributed by atoms with Crippen molar-refractivity contribution in [1.29, 1.82) is 5.26 Å². The molecule has 3 aromatic rings. The predicted octanol–water partition coefficient (Wildman–Crippen LogP) is 5.21. The van der Waals surface area contributed by atoms with Crippen molar-refractivity contribution in [3.05, 3.63) is 92.9 Å². The van der Waals surface area contributed by atoms with Crippen LogP contribution in [0.3, 0.4) is 0 Å². The van der Waals surface area contributed by atoms with Gasteiger partial charge in [-0.2, -0.15) is 5.26 Å². The molecule has 228 valence electrons. The van der Waals surface area contributed by atoms with Crippen LogP contribution in [0.2, 0.25) is 10.0 Å². The lowest BCUT2D eigenvalue weighted by Gasteiger charge is -2.38. The summed E-state index contributed by atoms with van der Waals surface area (Å²) in [6.07, 6.45) is -1.73. The van der Waals surface area contributed by atoms with Gasteiger partial charge in [-0.1, -0.05) is 55.2 Å². The number of esters is 1. The molecule has 0 saturated carbocycles. The maximum Gasteiger partial charge on any atom is 0.323 e. The van der Waals surface area contributed by atoms with E-state index >= 15 is 8.78 Å². The molecule has 2 aromatic carbocycles. The molecule has 5 atom stereocenters. The highest BCUT2D eigenvalue weighted by Gasteiger charge is 2.62. The second-order valence-corrected chi connectivity index (χ2v) is 12.2. The van der Waals surface area contributed by atoms with Gasteiger partial charge in [0.2, 0.25) is 5.91 Å². The van der Waals surface area contributed by atoms with E-state index in [2.05, 4.69) is 11.4 Å². The molecule has 4 rings (SSSR count). The van der Waals surface area contributed by atoms with Gasteiger partial charge in [0, 0.05) is 28.0 Å². The number of aliphatic hydroxyl groups is 1. The monoisotopic (exact) mass is 633 g/mol. The van der Waals surface area contributed by atoms with Crippen LogP contribution in [0.4, 0.5) is 8.78 Å². The van der Waals surface area contributed by atoms with Gasteiger partial charge in [-0.05, 0) is 49.2 Å². The first-order valence-electron chi connectivity index (χ1n) is 13.5. The summed E-state index contributed by atoms with van der Waals surface area (Å²) >= 11 is 12.2. The minimum atomic E-state index is -1.91. The normalized spacial score (nSPS) is 22.6. The second kappa shape index (κ2) is 12.6. The third-order valence-electron chi connectivity index (χ3n) is 7.86. The molecule has 2 heterocycles. The number of aliphatic hydroxyl groups excluding tert-OH is 1. The Morgan fingerprint density at radius 2 is 1.95 bits per heavy atom. The van der Waals surface area contributed by atoms with Gasteiger partial charge >= 0.3 is 5.97 Å². The Hall–Kier alpha value is -3.49. The zero-order chi connectivity index (χ0) is 31.7. The Bertz CT molecular complexity index is 1570. The highest BCUT2D eigenvalue weighted by atomic mass is 35.5. The number of hydrogen-bond donors (Lipinski definition) is 3. The first-order chi connectivity index (χ1) is 20.2. The van der Waals surface area contributed by atoms with Gasteiger partial charge in [0.25, 0.3) is 0 Å². The van der Waals surface area contributed by atoms with E-state index in [4.69, 9.17) is 38.1 Å². The summed E-state index contributed by atoms with van der Waals surface area (Å²) in [5.74, 6) is -3.61. The van der Waals surface area contributed by atoms with Gasteiger partial charge in [-0.25, -0.2) is 8.78 Å². The Kier molecular flexibility index (Phi) is 9.52. The Morgan fingerprint density at radius 1 is 1.23 bits per heavy atom. The predicted molar refractivity (Wildman–Crippen MR) is 155 cm³/mol. The summed E-state index contributed by atoms with van der Waals surface area (Å²) in [4.78, 5) is 24.9. The molecule has 1 aliphatic heterocycles. The van der Waals surface area contributed by atoms with Crippen LogP contribution in [0.25, 0.3) is 0 Å². The highest BCUT2D eigenvalue weighted by molar-refractivity contribution is 6.31. The number of nitriles is 1. The number of carbonyl (C=O) groups is 2. The quantitative estimate of drug-likeness (QED) is 0.261. The number of rotatable bonds is 10. The van der Waals surface area contributed by atoms with Crippen LogP contribution < -0.4 is 11.1 Å². The fourth-order valence-electron chi connectivity index (χ4n) is 5.89. The lowest BCUT2D eigenvalue weighted by Crippen LogP contribution is -2.46. The average Bonchev–Trinajstić information content (AvgIpc) is 3.50. The maximum atomic E-state index is 15.8. The average molecular weight is 635 g/mol. The topological polar surface area (TPSA) is 139 Å². The van der Waals surface area contributed by atoms with Gasteiger partial charge in [-0.3, -0.25) is 14.9 Å². The van der Waals surface area contributed by atoms with Crippen LogP contribution in [0.15, 0.2) is 52.9 Å². The molecule has 8 nitrogen and oxygen atoms in total. The number of primary amides is 1. The molecule has 1 fully saturated rings. The van der Waals surface area contributed by atoms with Crippen molar-refractivity contribution in [1.82, 2.24) is 5.32 Å². The lowest BCUT2D eigenvalue weighted by molar-refractivity contribution is -0.150. The third kappa shape index (κ3) is 6.41. The van der Waals surface area contributed by atoms with Gasteiger partial charge in [0.15, 0.2) is 0 Å². The van der Waals surface area contributed by atoms with Gasteiger partial charge in [0.05, 0.1) is 23.6 Å². The number of nitrogens with two attached hydrogens (primary N) is 1. The van der Waals surface area contributed by atoms with Crippen LogP contribution in [-0.2, 0) is 25.2 Å². The van der Waals surface area contributed by atoms with Crippen molar-refractivity contribution in [2.45, 2.75) is 68.5 Å². The molecule has 0 aliphatic carbocycles. The third-order valence-corrected chi connectivity index (χ3v) is 8.39. The van der Waals surface area contributed by atoms with Crippen LogP contribution in [0.5, 0.6) is 0 Å². The van der Waals surface area contributed by atoms with E-state index in [9.17, 15) is 20.0 Å². The molecule has 4 N–H and O–H groups in total. The largest absolute Gasteiger partial charge is 0.466 e. The Labute approximate surface area is 257 Å². The summed E-state index contributed by atoms with van der Waals surface area (Å²) < 4.78 is 42.9. The molecular formula is C31H31Cl2F2N3O5. The fraction of sp³-hybridized carbons (Fsp3) is 0.387. The van der Waals surface area contributed by atoms with Crippen LogP contribution in [0, 0.1) is 29.9 Å². The Balaban J connectivity index is 1.92. The molecule has 1 amide bonds. The minimum Gasteiger partial charge on any atom is -0.466 e. The molecule has 1 saturated heterocycles. The minimum absolute atomic E-state index is 0.0770. The number of carbonyl (C=O) groups excluding carboxylic acids is 2. The summed E-state index contributed by atoms with van der Waals surface area (Å²) in [6.45, 7) is 4.93. The number of furan rings is 1. The number of amides is 1. The smallest absolute Gasteiger partial charge is 0.323 e. The standard InChI is InChI=1S/C31H31Cl2F2N3O5/c1-16-7-10-24(43-16)30(2,3)13-23-31(15-36,20-9-8-17(32)11-22(20)34)26(19-5-4-6-21(33)27(19)35)28(38-23)29(41)42-14-18(39)12-25(37)40/h4-11,18,23,26,28,38-39H,12-14H2,1-3H3,(H2,37,40)/t18-,23-,26-,28+,31-/m0/s1. The number of benzene rings is 2. The van der Waals surface area contributed by atoms with Gasteiger partial charge in [-0.15, -0.1) is 0 Å². The zero-order valence-electron chi connectivity index (χ0n) is 23.7. The SMILES string of the molecule is Cc1ccc(C(C)(C)C[C@@H]2N[C@@H](C(=O)OC[C@@H](O)CC(N)=O)[C@H](c3cccc(Cl)c3F)[C@@]2(C#N)c2ccc(Cl)cc2F)o1. The van der Waals surface area contributed by atoms with Crippen molar-refractivity contribution in [2.75, 3.05) is 6.61 Å². The molecule has 43 heavy (non-hydrogen) atoms. The van der Waals surface area contributed by atoms with E-state index < -0.39 is 71.5 Å². The first kappa shape index (κ1) is 32.4. The van der Waals surface area contributed by atoms with E-state index in [0.29, 0.717) is 11.5 Å². The number of halogens is 4. The number of ether oxygens (including phenoxy) is 1. The molecule has 0 spiro atoms. The van der Waals surface area contributed by atoms with Crippen molar-refractivity contribution < 1.29 is 32.6 Å². The molecule has 0 unspecified atom stereocenters. The van der Waals surface area contributed by atoms with Crippen molar-refractivity contribution in [3.63, 3.8) is 0 Å². The number of hydrogen-bond acceptors (Lipinski definition) is 7. The summed E-state index contributed by atoms with van der Waals surface area (Å²) in [5.41, 5.74) is 2.22. The number of nitrogens with one attached hydrogen (secondary N) is 1. The molecule has 0 radical (unpaired) electrons. The fourth-order valence-corrected chi connectivity index (χ4v) is 6.23.